The molecule has 1 aliphatic carbocycles. The van der Waals surface area contributed by atoms with Crippen LogP contribution in [-0.4, -0.2) is 17.6 Å². The number of nitrogens with one attached hydrogen (secondary N) is 1. The molecule has 2 rings (SSSR count). The minimum Gasteiger partial charge on any atom is -0.478 e. The second-order valence-electron chi connectivity index (χ2n) is 2.87. The average molecular weight is 167 g/mol. The summed E-state index contributed by atoms with van der Waals surface area (Å²) in [7, 11) is 0. The molecule has 1 heterocycles. The van der Waals surface area contributed by atoms with Crippen LogP contribution in [0.3, 0.4) is 0 Å². The van der Waals surface area contributed by atoms with E-state index < -0.39 is 5.97 Å². The Morgan fingerprint density at radius 3 is 3.17 bits per heavy atom. The summed E-state index contributed by atoms with van der Waals surface area (Å²) < 4.78 is 0. The van der Waals surface area contributed by atoms with E-state index in [0.717, 1.165) is 13.0 Å². The van der Waals surface area contributed by atoms with Gasteiger partial charge in [-0.1, -0.05) is 0 Å². The Bertz CT molecular complexity index is 291. The first-order chi connectivity index (χ1) is 5.77. The third kappa shape index (κ3) is 1.10. The molecular formula is C8H9NO3. The highest BCUT2D eigenvalue weighted by molar-refractivity contribution is 5.87. The molecule has 0 spiro atoms. The van der Waals surface area contributed by atoms with Gasteiger partial charge in [-0.25, -0.2) is 4.79 Å². The molecule has 4 heteroatoms. The number of hydrogen-bond acceptors (Lipinski definition) is 3. The monoisotopic (exact) mass is 167 g/mol. The van der Waals surface area contributed by atoms with E-state index in [1.54, 1.807) is 6.08 Å². The average Bonchev–Trinajstić information content (AvgIpc) is 2.49. The van der Waals surface area contributed by atoms with Crippen molar-refractivity contribution in [2.45, 2.75) is 12.8 Å². The van der Waals surface area contributed by atoms with Crippen molar-refractivity contribution in [2.24, 2.45) is 0 Å². The quantitative estimate of drug-likeness (QED) is 0.599. The minimum atomic E-state index is -0.850. The standard InChI is InChI=1S/C8H9NO3/c10-8(11)5-1-2-6-4-9-12-7(6)3-5/h3,9H,1-2,4H2,(H,10,11). The summed E-state index contributed by atoms with van der Waals surface area (Å²) in [5, 5.41) is 8.69. The lowest BCUT2D eigenvalue weighted by Gasteiger charge is -2.08. The molecule has 0 saturated carbocycles. The third-order valence-corrected chi connectivity index (χ3v) is 2.09. The fourth-order valence-electron chi connectivity index (χ4n) is 1.39. The zero-order valence-corrected chi connectivity index (χ0v) is 6.46. The molecule has 2 N–H and O–H groups in total. The van der Waals surface area contributed by atoms with Gasteiger partial charge in [0.15, 0.2) is 0 Å². The van der Waals surface area contributed by atoms with Crippen molar-refractivity contribution in [1.29, 1.82) is 0 Å². The molecule has 64 valence electrons. The van der Waals surface area contributed by atoms with E-state index in [1.165, 1.54) is 5.57 Å². The number of carboxylic acid groups (broad SMARTS) is 1. The summed E-state index contributed by atoms with van der Waals surface area (Å²) in [6, 6.07) is 0. The van der Waals surface area contributed by atoms with Crippen molar-refractivity contribution in [2.75, 3.05) is 6.54 Å². The largest absolute Gasteiger partial charge is 0.478 e. The highest BCUT2D eigenvalue weighted by Crippen LogP contribution is 2.26. The van der Waals surface area contributed by atoms with Gasteiger partial charge in [0, 0.05) is 5.57 Å². The van der Waals surface area contributed by atoms with E-state index in [0.29, 0.717) is 17.8 Å². The number of allylic oxidation sites excluding steroid dienone is 1. The SMILES string of the molecule is O=C(O)C1=CC2=C(CC1)CNO2. The molecule has 0 aromatic rings. The number of rotatable bonds is 1. The first-order valence-corrected chi connectivity index (χ1v) is 3.83. The van der Waals surface area contributed by atoms with Crippen LogP contribution in [0.2, 0.25) is 0 Å². The fourth-order valence-corrected chi connectivity index (χ4v) is 1.39. The van der Waals surface area contributed by atoms with Gasteiger partial charge in [-0.05, 0) is 24.5 Å². The van der Waals surface area contributed by atoms with E-state index in [1.807, 2.05) is 0 Å². The zero-order chi connectivity index (χ0) is 8.55. The summed E-state index contributed by atoms with van der Waals surface area (Å²) in [6.07, 6.45) is 3.00. The first-order valence-electron chi connectivity index (χ1n) is 3.83. The van der Waals surface area contributed by atoms with E-state index in [9.17, 15) is 4.79 Å². The van der Waals surface area contributed by atoms with Crippen LogP contribution in [0.25, 0.3) is 0 Å². The smallest absolute Gasteiger partial charge is 0.331 e. The van der Waals surface area contributed by atoms with Crippen LogP contribution in [-0.2, 0) is 9.63 Å². The van der Waals surface area contributed by atoms with Crippen LogP contribution in [0.5, 0.6) is 0 Å². The lowest BCUT2D eigenvalue weighted by Crippen LogP contribution is -2.06. The number of hydroxylamine groups is 1. The highest BCUT2D eigenvalue weighted by atomic mass is 16.7. The van der Waals surface area contributed by atoms with Gasteiger partial charge in [0.05, 0.1) is 6.54 Å². The molecule has 0 amide bonds. The maximum atomic E-state index is 10.6. The highest BCUT2D eigenvalue weighted by Gasteiger charge is 2.22. The van der Waals surface area contributed by atoms with Crippen LogP contribution < -0.4 is 5.48 Å². The van der Waals surface area contributed by atoms with Gasteiger partial charge in [-0.2, -0.15) is 5.48 Å². The Hall–Kier alpha value is -1.29. The molecule has 0 aromatic carbocycles. The second-order valence-corrected chi connectivity index (χ2v) is 2.87. The number of aliphatic carboxylic acids is 1. The van der Waals surface area contributed by atoms with Gasteiger partial charge in [-0.3, -0.25) is 0 Å². The van der Waals surface area contributed by atoms with E-state index in [4.69, 9.17) is 9.94 Å². The lowest BCUT2D eigenvalue weighted by atomic mass is 9.98. The number of carboxylic acids is 1. The van der Waals surface area contributed by atoms with Crippen LogP contribution in [0.1, 0.15) is 12.8 Å². The molecule has 0 radical (unpaired) electrons. The first kappa shape index (κ1) is 7.36. The summed E-state index contributed by atoms with van der Waals surface area (Å²) in [5.41, 5.74) is 4.31. The normalized spacial score (nSPS) is 21.5. The molecular weight excluding hydrogens is 158 g/mol. The molecule has 4 nitrogen and oxygen atoms in total. The van der Waals surface area contributed by atoms with Crippen molar-refractivity contribution in [1.82, 2.24) is 5.48 Å². The maximum absolute atomic E-state index is 10.6. The predicted octanol–water partition coefficient (Wildman–Crippen LogP) is 0.580. The molecule has 12 heavy (non-hydrogen) atoms. The van der Waals surface area contributed by atoms with Gasteiger partial charge in [0.1, 0.15) is 5.76 Å². The summed E-state index contributed by atoms with van der Waals surface area (Å²) in [6.45, 7) is 0.721. The Morgan fingerprint density at radius 1 is 1.58 bits per heavy atom. The van der Waals surface area contributed by atoms with Crippen molar-refractivity contribution in [3.8, 4) is 0 Å². The molecule has 0 bridgehead atoms. The lowest BCUT2D eigenvalue weighted by molar-refractivity contribution is -0.132. The maximum Gasteiger partial charge on any atom is 0.331 e. The topological polar surface area (TPSA) is 58.6 Å². The van der Waals surface area contributed by atoms with Gasteiger partial charge in [0.25, 0.3) is 0 Å². The predicted molar refractivity (Wildman–Crippen MR) is 41.1 cm³/mol. The van der Waals surface area contributed by atoms with Crippen LogP contribution >= 0.6 is 0 Å². The van der Waals surface area contributed by atoms with E-state index in [2.05, 4.69) is 5.48 Å². The fraction of sp³-hybridized carbons (Fsp3) is 0.375. The van der Waals surface area contributed by atoms with Gasteiger partial charge >= 0.3 is 5.97 Å². The van der Waals surface area contributed by atoms with Crippen LogP contribution in [0.4, 0.5) is 0 Å². The van der Waals surface area contributed by atoms with E-state index >= 15 is 0 Å². The molecule has 0 unspecified atom stereocenters. The van der Waals surface area contributed by atoms with Gasteiger partial charge < -0.3 is 9.94 Å². The summed E-state index contributed by atoms with van der Waals surface area (Å²) in [4.78, 5) is 15.6. The summed E-state index contributed by atoms with van der Waals surface area (Å²) >= 11 is 0. The van der Waals surface area contributed by atoms with Crippen molar-refractivity contribution in [3.05, 3.63) is 23.0 Å². The molecule has 2 aliphatic rings. The Morgan fingerprint density at radius 2 is 2.42 bits per heavy atom. The second kappa shape index (κ2) is 2.64. The van der Waals surface area contributed by atoms with Crippen molar-refractivity contribution >= 4 is 5.97 Å². The molecule has 0 aromatic heterocycles. The van der Waals surface area contributed by atoms with Gasteiger partial charge in [0.2, 0.25) is 0 Å². The number of hydrogen-bond donors (Lipinski definition) is 2. The van der Waals surface area contributed by atoms with Gasteiger partial charge in [-0.15, -0.1) is 0 Å². The molecule has 0 atom stereocenters. The third-order valence-electron chi connectivity index (χ3n) is 2.09. The Kier molecular flexibility index (Phi) is 1.62. The minimum absolute atomic E-state index is 0.428. The van der Waals surface area contributed by atoms with E-state index in [-0.39, 0.29) is 0 Å². The molecule has 1 aliphatic heterocycles. The molecule has 0 saturated heterocycles. The van der Waals surface area contributed by atoms with Crippen LogP contribution in [0, 0.1) is 0 Å². The summed E-state index contributed by atoms with van der Waals surface area (Å²) in [5.74, 6) is -0.157. The number of carbonyl (C=O) groups is 1. The Balaban J connectivity index is 2.26. The van der Waals surface area contributed by atoms with Crippen molar-refractivity contribution < 1.29 is 14.7 Å². The Labute approximate surface area is 69.5 Å². The zero-order valence-electron chi connectivity index (χ0n) is 6.46. The molecule has 0 fully saturated rings. The van der Waals surface area contributed by atoms with Crippen LogP contribution in [0.15, 0.2) is 23.0 Å². The van der Waals surface area contributed by atoms with Crippen molar-refractivity contribution in [3.63, 3.8) is 0 Å².